The van der Waals surface area contributed by atoms with E-state index in [9.17, 15) is 9.59 Å². The van der Waals surface area contributed by atoms with Gasteiger partial charge in [-0.25, -0.2) is 0 Å². The molecule has 0 heterocycles. The van der Waals surface area contributed by atoms with Gasteiger partial charge in [0, 0.05) is 5.54 Å². The number of aliphatic carboxylic acids is 1. The van der Waals surface area contributed by atoms with Crippen molar-refractivity contribution in [1.82, 2.24) is 5.32 Å². The van der Waals surface area contributed by atoms with Crippen molar-refractivity contribution >= 4 is 12.3 Å². The van der Waals surface area contributed by atoms with Gasteiger partial charge in [-0.1, -0.05) is 0 Å². The first-order valence-corrected chi connectivity index (χ1v) is 3.80. The third kappa shape index (κ3) is 5.85. The molecule has 2 N–H and O–H groups in total. The zero-order chi connectivity index (χ0) is 9.78. The SMILES string of the molecule is CC(C)(C)NC(C=O)CC(=O)O. The van der Waals surface area contributed by atoms with E-state index in [2.05, 4.69) is 5.32 Å². The van der Waals surface area contributed by atoms with Crippen molar-refractivity contribution in [1.29, 1.82) is 0 Å². The van der Waals surface area contributed by atoms with E-state index in [1.807, 2.05) is 20.8 Å². The molecular weight excluding hydrogens is 158 g/mol. The highest BCUT2D eigenvalue weighted by atomic mass is 16.4. The van der Waals surface area contributed by atoms with Gasteiger partial charge in [0.1, 0.15) is 6.29 Å². The Hall–Kier alpha value is -0.900. The van der Waals surface area contributed by atoms with Gasteiger partial charge in [-0.15, -0.1) is 0 Å². The molecule has 0 aliphatic carbocycles. The Kier molecular flexibility index (Phi) is 3.89. The van der Waals surface area contributed by atoms with E-state index in [4.69, 9.17) is 5.11 Å². The molecule has 0 amide bonds. The van der Waals surface area contributed by atoms with E-state index >= 15 is 0 Å². The summed E-state index contributed by atoms with van der Waals surface area (Å²) in [5.41, 5.74) is -0.235. The van der Waals surface area contributed by atoms with Crippen LogP contribution in [0, 0.1) is 0 Å². The number of carboxylic acid groups (broad SMARTS) is 1. The maximum Gasteiger partial charge on any atom is 0.305 e. The van der Waals surface area contributed by atoms with Crippen LogP contribution in [0.4, 0.5) is 0 Å². The molecule has 4 nitrogen and oxygen atoms in total. The molecule has 0 aliphatic rings. The second-order valence-corrected chi connectivity index (χ2v) is 3.73. The summed E-state index contributed by atoms with van der Waals surface area (Å²) < 4.78 is 0. The lowest BCUT2D eigenvalue weighted by molar-refractivity contribution is -0.138. The third-order valence-electron chi connectivity index (χ3n) is 1.18. The highest BCUT2D eigenvalue weighted by Gasteiger charge is 2.18. The highest BCUT2D eigenvalue weighted by Crippen LogP contribution is 2.02. The van der Waals surface area contributed by atoms with Crippen molar-refractivity contribution in [2.75, 3.05) is 0 Å². The van der Waals surface area contributed by atoms with Crippen LogP contribution in [0.1, 0.15) is 27.2 Å². The van der Waals surface area contributed by atoms with Crippen LogP contribution >= 0.6 is 0 Å². The minimum absolute atomic E-state index is 0.166. The zero-order valence-corrected chi connectivity index (χ0v) is 7.63. The summed E-state index contributed by atoms with van der Waals surface area (Å²) in [5.74, 6) is -0.969. The van der Waals surface area contributed by atoms with Gasteiger partial charge in [-0.05, 0) is 20.8 Å². The summed E-state index contributed by atoms with van der Waals surface area (Å²) >= 11 is 0. The van der Waals surface area contributed by atoms with Crippen LogP contribution in [0.5, 0.6) is 0 Å². The Morgan fingerprint density at radius 1 is 1.58 bits per heavy atom. The molecular formula is C8H15NO3. The van der Waals surface area contributed by atoms with E-state index in [0.717, 1.165) is 0 Å². The van der Waals surface area contributed by atoms with Gasteiger partial charge in [-0.3, -0.25) is 4.79 Å². The molecule has 0 spiro atoms. The molecule has 0 bridgehead atoms. The highest BCUT2D eigenvalue weighted by molar-refractivity contribution is 5.73. The monoisotopic (exact) mass is 173 g/mol. The molecule has 0 saturated heterocycles. The van der Waals surface area contributed by atoms with Crippen molar-refractivity contribution in [2.45, 2.75) is 38.8 Å². The van der Waals surface area contributed by atoms with Gasteiger partial charge >= 0.3 is 5.97 Å². The fourth-order valence-electron chi connectivity index (χ4n) is 0.877. The summed E-state index contributed by atoms with van der Waals surface area (Å²) in [6, 6.07) is -0.595. The zero-order valence-electron chi connectivity index (χ0n) is 7.63. The van der Waals surface area contributed by atoms with Crippen molar-refractivity contribution in [3.63, 3.8) is 0 Å². The summed E-state index contributed by atoms with van der Waals surface area (Å²) in [6.45, 7) is 5.64. The third-order valence-corrected chi connectivity index (χ3v) is 1.18. The van der Waals surface area contributed by atoms with Crippen molar-refractivity contribution in [3.05, 3.63) is 0 Å². The van der Waals surface area contributed by atoms with Crippen LogP contribution in [0.2, 0.25) is 0 Å². The van der Waals surface area contributed by atoms with Crippen LogP contribution in [0.15, 0.2) is 0 Å². The smallest absolute Gasteiger partial charge is 0.305 e. The molecule has 0 aromatic rings. The Morgan fingerprint density at radius 2 is 2.08 bits per heavy atom. The number of nitrogens with one attached hydrogen (secondary N) is 1. The van der Waals surface area contributed by atoms with Crippen LogP contribution in [0.3, 0.4) is 0 Å². The lowest BCUT2D eigenvalue weighted by Crippen LogP contribution is -2.45. The van der Waals surface area contributed by atoms with E-state index in [1.54, 1.807) is 0 Å². The number of rotatable bonds is 4. The normalized spacial score (nSPS) is 13.9. The molecule has 4 heteroatoms. The first-order chi connectivity index (χ1) is 5.35. The Bertz CT molecular complexity index is 172. The molecule has 0 saturated carbocycles. The van der Waals surface area contributed by atoms with Crippen molar-refractivity contribution < 1.29 is 14.7 Å². The predicted molar refractivity (Wildman–Crippen MR) is 45.0 cm³/mol. The Labute approximate surface area is 72.0 Å². The molecule has 0 aromatic carbocycles. The largest absolute Gasteiger partial charge is 0.481 e. The fraction of sp³-hybridized carbons (Fsp3) is 0.750. The van der Waals surface area contributed by atoms with E-state index < -0.39 is 12.0 Å². The van der Waals surface area contributed by atoms with Gasteiger partial charge in [0.05, 0.1) is 12.5 Å². The van der Waals surface area contributed by atoms with E-state index in [-0.39, 0.29) is 12.0 Å². The molecule has 0 fully saturated rings. The number of aldehydes is 1. The second kappa shape index (κ2) is 4.21. The van der Waals surface area contributed by atoms with Gasteiger partial charge in [0.15, 0.2) is 0 Å². The van der Waals surface area contributed by atoms with Crippen LogP contribution in [-0.2, 0) is 9.59 Å². The number of carboxylic acids is 1. The number of hydrogen-bond acceptors (Lipinski definition) is 3. The average Bonchev–Trinajstić information content (AvgIpc) is 1.82. The molecule has 0 radical (unpaired) electrons. The fourth-order valence-corrected chi connectivity index (χ4v) is 0.877. The maximum absolute atomic E-state index is 10.4. The molecule has 0 rings (SSSR count). The summed E-state index contributed by atoms with van der Waals surface area (Å²) in [5, 5.41) is 11.3. The Balaban J connectivity index is 4.00. The minimum Gasteiger partial charge on any atom is -0.481 e. The molecule has 1 atom stereocenters. The first-order valence-electron chi connectivity index (χ1n) is 3.80. The summed E-state index contributed by atoms with van der Waals surface area (Å²) in [4.78, 5) is 20.6. The minimum atomic E-state index is -0.969. The predicted octanol–water partition coefficient (Wildman–Crippen LogP) is 0.417. The number of hydrogen-bond donors (Lipinski definition) is 2. The van der Waals surface area contributed by atoms with Crippen LogP contribution in [0.25, 0.3) is 0 Å². The summed E-state index contributed by atoms with van der Waals surface area (Å²) in [6.07, 6.45) is 0.458. The second-order valence-electron chi connectivity index (χ2n) is 3.73. The van der Waals surface area contributed by atoms with Gasteiger partial charge in [0.2, 0.25) is 0 Å². The molecule has 1 unspecified atom stereocenters. The quantitative estimate of drug-likeness (QED) is 0.604. The Morgan fingerprint density at radius 3 is 2.33 bits per heavy atom. The van der Waals surface area contributed by atoms with Crippen molar-refractivity contribution in [3.8, 4) is 0 Å². The molecule has 0 aromatic heterocycles. The topological polar surface area (TPSA) is 66.4 Å². The van der Waals surface area contributed by atoms with Crippen LogP contribution in [-0.4, -0.2) is 28.9 Å². The summed E-state index contributed by atoms with van der Waals surface area (Å²) in [7, 11) is 0. The maximum atomic E-state index is 10.4. The van der Waals surface area contributed by atoms with Crippen molar-refractivity contribution in [2.24, 2.45) is 0 Å². The standard InChI is InChI=1S/C8H15NO3/c1-8(2,3)9-6(5-10)4-7(11)12/h5-6,9H,4H2,1-3H3,(H,11,12). The van der Waals surface area contributed by atoms with Gasteiger partial charge in [0.25, 0.3) is 0 Å². The number of carbonyl (C=O) groups excluding carboxylic acids is 1. The molecule has 70 valence electrons. The van der Waals surface area contributed by atoms with E-state index in [1.165, 1.54) is 0 Å². The lowest BCUT2D eigenvalue weighted by atomic mass is 10.1. The molecule has 12 heavy (non-hydrogen) atoms. The average molecular weight is 173 g/mol. The molecule has 0 aliphatic heterocycles. The lowest BCUT2D eigenvalue weighted by Gasteiger charge is -2.24. The number of carbonyl (C=O) groups is 2. The van der Waals surface area contributed by atoms with Gasteiger partial charge < -0.3 is 15.2 Å². The van der Waals surface area contributed by atoms with Gasteiger partial charge in [-0.2, -0.15) is 0 Å². The van der Waals surface area contributed by atoms with Crippen LogP contribution < -0.4 is 5.32 Å². The van der Waals surface area contributed by atoms with E-state index in [0.29, 0.717) is 6.29 Å². The first kappa shape index (κ1) is 11.1.